The number of carboxylic acid groups (broad SMARTS) is 2. The van der Waals surface area contributed by atoms with E-state index in [1.165, 1.54) is 66.6 Å². The minimum absolute atomic E-state index is 0.00755. The number of nitrogens with one attached hydrogen (secondary N) is 2. The predicted molar refractivity (Wildman–Crippen MR) is 384 cm³/mol. The molecule has 26 heteroatoms. The van der Waals surface area contributed by atoms with Gasteiger partial charge in [-0.15, -0.1) is 0 Å². The molecule has 10 aromatic carbocycles. The van der Waals surface area contributed by atoms with Gasteiger partial charge in [0, 0.05) is 57.8 Å². The number of aromatic nitrogens is 4. The van der Waals surface area contributed by atoms with Crippen LogP contribution in [0.4, 0.5) is 37.7 Å². The Balaban J connectivity index is 0.000000214. The number of benzene rings is 10. The van der Waals surface area contributed by atoms with Gasteiger partial charge in [0.1, 0.15) is 30.5 Å². The van der Waals surface area contributed by atoms with Crippen molar-refractivity contribution in [3.05, 3.63) is 286 Å². The van der Waals surface area contributed by atoms with Crippen LogP contribution in [0, 0.1) is 31.3 Å². The average Bonchev–Trinajstić information content (AvgIpc) is 1.79. The third-order valence-electron chi connectivity index (χ3n) is 16.9. The Kier molecular flexibility index (Phi) is 23.2. The number of hydrogen-bond acceptors (Lipinski definition) is 14. The largest absolute Gasteiger partial charge is 0.497 e. The van der Waals surface area contributed by atoms with Gasteiger partial charge in [-0.1, -0.05) is 149 Å². The van der Waals surface area contributed by atoms with E-state index in [1.807, 2.05) is 86.6 Å². The predicted octanol–water partition coefficient (Wildman–Crippen LogP) is 16.0. The Hall–Kier alpha value is -13.5. The fourth-order valence-corrected chi connectivity index (χ4v) is 11.3. The standard InChI is InChI=1S/C41H32F4N4O6.C40H32F2N4O6/c1-24-3-7-26(8-4-24)27-11-13-29(14-12-27)39-47-38(48-55-39)28-9-5-25(6-10-28)22-49(23-37(51)52)40(53)33-18-16-31(20-35(33)42)46-36(50)19-30-15-17-32(54-2)21-34(30)41(43,44)45;1-24-3-7-26(8-4-24)27-11-13-29(14-12-27)39-44-38(45-52-39)28-9-5-25(6-10-28)22-46(23-36(48)49)40(50)30-15-17-31(18-16-30)43-35(47)21-32-33(41)19-20-34(51-2)37(32)42/h3-18,20-21H,19,22-23H2,1-2H3,(H,46,50)(H,51,52);3-20H,21-23H2,1-2H3,(H,43,47)(H,48,49). The highest BCUT2D eigenvalue weighted by molar-refractivity contribution is 5.99. The van der Waals surface area contributed by atoms with E-state index in [-0.39, 0.29) is 47.1 Å². The Morgan fingerprint density at radius 2 is 0.907 bits per heavy atom. The Morgan fingerprint density at radius 1 is 0.467 bits per heavy atom. The van der Waals surface area contributed by atoms with Crippen LogP contribution in [0.2, 0.25) is 0 Å². The molecule has 2 heterocycles. The number of aliphatic carboxylic acids is 2. The topological polar surface area (TPSA) is 270 Å². The third kappa shape index (κ3) is 19.0. The smallest absolute Gasteiger partial charge is 0.416 e. The molecular formula is C81H64F6N8O12. The van der Waals surface area contributed by atoms with Crippen LogP contribution < -0.4 is 20.1 Å². The van der Waals surface area contributed by atoms with Crippen LogP contribution in [0.1, 0.15) is 59.7 Å². The van der Waals surface area contributed by atoms with Gasteiger partial charge in [-0.2, -0.15) is 23.1 Å². The Morgan fingerprint density at radius 3 is 1.36 bits per heavy atom. The molecule has 542 valence electrons. The number of amides is 4. The first-order valence-electron chi connectivity index (χ1n) is 32.8. The quantitative estimate of drug-likeness (QED) is 0.0410. The van der Waals surface area contributed by atoms with Crippen molar-refractivity contribution in [1.29, 1.82) is 0 Å². The van der Waals surface area contributed by atoms with Crippen molar-refractivity contribution in [3.63, 3.8) is 0 Å². The second kappa shape index (κ2) is 33.3. The molecule has 0 unspecified atom stereocenters. The van der Waals surface area contributed by atoms with Crippen LogP contribution in [0.15, 0.2) is 227 Å². The van der Waals surface area contributed by atoms with Gasteiger partial charge in [0.2, 0.25) is 23.5 Å². The van der Waals surface area contributed by atoms with Crippen LogP contribution in [-0.4, -0.2) is 103 Å². The lowest BCUT2D eigenvalue weighted by Crippen LogP contribution is -2.35. The number of anilines is 2. The van der Waals surface area contributed by atoms with Crippen LogP contribution in [0.5, 0.6) is 11.5 Å². The molecule has 4 N–H and O–H groups in total. The monoisotopic (exact) mass is 1450 g/mol. The Bertz CT molecular complexity index is 5210. The molecule has 0 aliphatic rings. The highest BCUT2D eigenvalue weighted by Crippen LogP contribution is 2.36. The van der Waals surface area contributed by atoms with E-state index < -0.39 is 102 Å². The van der Waals surface area contributed by atoms with Gasteiger partial charge in [-0.05, 0) is 144 Å². The summed E-state index contributed by atoms with van der Waals surface area (Å²) in [6.45, 7) is 2.55. The van der Waals surface area contributed by atoms with Crippen molar-refractivity contribution < 1.29 is 83.8 Å². The van der Waals surface area contributed by atoms with E-state index in [4.69, 9.17) is 18.5 Å². The summed E-state index contributed by atoms with van der Waals surface area (Å²) in [5, 5.41) is 32.1. The second-order valence-corrected chi connectivity index (χ2v) is 24.5. The van der Waals surface area contributed by atoms with Crippen molar-refractivity contribution in [3.8, 4) is 79.4 Å². The maximum Gasteiger partial charge on any atom is 0.416 e. The molecule has 20 nitrogen and oxygen atoms in total. The van der Waals surface area contributed by atoms with E-state index in [1.54, 1.807) is 48.5 Å². The third-order valence-corrected chi connectivity index (χ3v) is 16.9. The van der Waals surface area contributed by atoms with E-state index in [0.717, 1.165) is 74.7 Å². The number of nitrogens with zero attached hydrogens (tertiary/aromatic N) is 6. The molecular weight excluding hydrogens is 1390 g/mol. The van der Waals surface area contributed by atoms with E-state index in [2.05, 4.69) is 55.2 Å². The average molecular weight is 1460 g/mol. The minimum Gasteiger partial charge on any atom is -0.497 e. The summed E-state index contributed by atoms with van der Waals surface area (Å²) in [6, 6.07) is 59.7. The van der Waals surface area contributed by atoms with Gasteiger partial charge in [-0.25, -0.2) is 13.2 Å². The molecule has 0 aliphatic heterocycles. The summed E-state index contributed by atoms with van der Waals surface area (Å²) in [7, 11) is 2.45. The molecule has 0 bridgehead atoms. The van der Waals surface area contributed by atoms with Crippen LogP contribution >= 0.6 is 0 Å². The molecule has 0 fully saturated rings. The molecule has 0 atom stereocenters. The van der Waals surface area contributed by atoms with Gasteiger partial charge >= 0.3 is 18.1 Å². The summed E-state index contributed by atoms with van der Waals surface area (Å²) in [6.07, 6.45) is -6.02. The molecule has 0 aliphatic carbocycles. The zero-order valence-electron chi connectivity index (χ0n) is 57.5. The van der Waals surface area contributed by atoms with Crippen molar-refractivity contribution in [1.82, 2.24) is 30.1 Å². The van der Waals surface area contributed by atoms with Crippen LogP contribution in [0.25, 0.3) is 67.9 Å². The number of ether oxygens (including phenoxy) is 2. The first-order valence-corrected chi connectivity index (χ1v) is 32.8. The molecule has 107 heavy (non-hydrogen) atoms. The fourth-order valence-electron chi connectivity index (χ4n) is 11.3. The number of halogens is 6. The number of carbonyl (C=O) groups excluding carboxylic acids is 4. The maximum atomic E-state index is 15.3. The summed E-state index contributed by atoms with van der Waals surface area (Å²) < 4.78 is 105. The summed E-state index contributed by atoms with van der Waals surface area (Å²) in [5.41, 5.74) is 8.61. The lowest BCUT2D eigenvalue weighted by Gasteiger charge is -2.21. The highest BCUT2D eigenvalue weighted by atomic mass is 19.4. The van der Waals surface area contributed by atoms with Crippen molar-refractivity contribution in [2.75, 3.05) is 37.9 Å². The zero-order chi connectivity index (χ0) is 76.1. The Labute approximate surface area is 607 Å². The van der Waals surface area contributed by atoms with Crippen molar-refractivity contribution in [2.45, 2.75) is 46.0 Å². The number of alkyl halides is 3. The number of methoxy groups -OCH3 is 2. The van der Waals surface area contributed by atoms with Crippen molar-refractivity contribution in [2.24, 2.45) is 0 Å². The van der Waals surface area contributed by atoms with Gasteiger partial charge in [0.05, 0.1) is 38.2 Å². The lowest BCUT2D eigenvalue weighted by atomic mass is 10.0. The molecule has 0 saturated heterocycles. The molecule has 0 spiro atoms. The molecule has 0 radical (unpaired) electrons. The van der Waals surface area contributed by atoms with Crippen LogP contribution in [0.3, 0.4) is 0 Å². The fraction of sp³-hybridized carbons (Fsp3) is 0.136. The number of carboxylic acids is 2. The number of hydrogen-bond donors (Lipinski definition) is 4. The van der Waals surface area contributed by atoms with Gasteiger partial charge < -0.3 is 49.2 Å². The normalized spacial score (nSPS) is 11.0. The SMILES string of the molecule is COc1ccc(CC(=O)Nc2ccc(C(=O)N(CC(=O)O)Cc3ccc(-c4noc(-c5ccc(-c6ccc(C)cc6)cc5)n4)cc3)c(F)c2)c(C(F)(F)F)c1.COc1ccc(F)c(CC(=O)Nc2ccc(C(=O)N(CC(=O)O)Cc3ccc(-c4noc(-c5ccc(-c6ccc(C)cc6)cc5)n4)cc3)cc2)c1F. The van der Waals surface area contributed by atoms with E-state index in [9.17, 15) is 60.9 Å². The zero-order valence-corrected chi connectivity index (χ0v) is 57.5. The summed E-state index contributed by atoms with van der Waals surface area (Å²) in [4.78, 5) is 86.5. The first-order chi connectivity index (χ1) is 51.3. The van der Waals surface area contributed by atoms with Gasteiger partial charge in [0.15, 0.2) is 11.6 Å². The lowest BCUT2D eigenvalue weighted by molar-refractivity contribution is -0.139. The van der Waals surface area contributed by atoms with Crippen molar-refractivity contribution >= 4 is 46.9 Å². The van der Waals surface area contributed by atoms with E-state index in [0.29, 0.717) is 45.7 Å². The molecule has 12 aromatic rings. The minimum atomic E-state index is -4.75. The first kappa shape index (κ1) is 74.7. The summed E-state index contributed by atoms with van der Waals surface area (Å²) in [5.74, 6) is -7.39. The number of rotatable bonds is 24. The molecule has 12 rings (SSSR count). The highest BCUT2D eigenvalue weighted by Gasteiger charge is 2.35. The van der Waals surface area contributed by atoms with Crippen LogP contribution in [-0.2, 0) is 51.3 Å². The number of carbonyl (C=O) groups is 6. The molecule has 2 aromatic heterocycles. The van der Waals surface area contributed by atoms with E-state index >= 15 is 4.39 Å². The molecule has 4 amide bonds. The summed E-state index contributed by atoms with van der Waals surface area (Å²) >= 11 is 0. The number of aryl methyl sites for hydroxylation is 2. The molecule has 0 saturated carbocycles. The second-order valence-electron chi connectivity index (χ2n) is 24.5. The van der Waals surface area contributed by atoms with Gasteiger partial charge in [0.25, 0.3) is 23.6 Å². The maximum absolute atomic E-state index is 15.3. The van der Waals surface area contributed by atoms with Gasteiger partial charge in [-0.3, -0.25) is 28.8 Å².